The zero-order valence-electron chi connectivity index (χ0n) is 15.7. The molecule has 0 fully saturated rings. The fourth-order valence-corrected chi connectivity index (χ4v) is 3.98. The van der Waals surface area contributed by atoms with Crippen molar-refractivity contribution >= 4 is 21.4 Å². The molecule has 0 saturated carbocycles. The zero-order valence-corrected chi connectivity index (χ0v) is 16.5. The van der Waals surface area contributed by atoms with Gasteiger partial charge in [-0.3, -0.25) is 19.5 Å². The van der Waals surface area contributed by atoms with Gasteiger partial charge in [-0.2, -0.15) is 5.10 Å². The Morgan fingerprint density at radius 3 is 2.21 bits per heavy atom. The maximum Gasteiger partial charge on any atom is 0.269 e. The van der Waals surface area contributed by atoms with E-state index in [0.29, 0.717) is 23.6 Å². The molecule has 0 bridgehead atoms. The number of aromatic nitrogens is 2. The first-order valence-electron chi connectivity index (χ1n) is 8.54. The van der Waals surface area contributed by atoms with Crippen LogP contribution in [0, 0.1) is 30.9 Å². The molecule has 1 heterocycles. The van der Waals surface area contributed by atoms with Gasteiger partial charge in [-0.05, 0) is 38.5 Å². The van der Waals surface area contributed by atoms with Crippen molar-refractivity contribution in [2.45, 2.75) is 32.2 Å². The van der Waals surface area contributed by atoms with Crippen molar-refractivity contribution in [2.75, 3.05) is 4.72 Å². The molecule has 0 spiro atoms. The predicted molar refractivity (Wildman–Crippen MR) is 106 cm³/mol. The average Bonchev–Trinajstić information content (AvgIpc) is 2.91. The highest BCUT2D eigenvalue weighted by Gasteiger charge is 2.21. The van der Waals surface area contributed by atoms with Gasteiger partial charge in [0.15, 0.2) is 0 Å². The first-order valence-corrected chi connectivity index (χ1v) is 10.0. The summed E-state index contributed by atoms with van der Waals surface area (Å²) in [6, 6.07) is 12.8. The van der Waals surface area contributed by atoms with E-state index in [1.54, 1.807) is 18.5 Å². The first-order chi connectivity index (χ1) is 13.2. The van der Waals surface area contributed by atoms with Crippen molar-refractivity contribution in [1.29, 1.82) is 0 Å². The molecule has 9 heteroatoms. The van der Waals surface area contributed by atoms with E-state index in [2.05, 4.69) is 9.82 Å². The number of nitro benzene ring substituents is 1. The molecule has 8 nitrogen and oxygen atoms in total. The number of hydrogen-bond donors (Lipinski definition) is 1. The van der Waals surface area contributed by atoms with Crippen LogP contribution >= 0.6 is 0 Å². The quantitative estimate of drug-likeness (QED) is 0.503. The molecule has 3 aromatic rings. The smallest absolute Gasteiger partial charge is 0.269 e. The highest BCUT2D eigenvalue weighted by molar-refractivity contribution is 7.92. The van der Waals surface area contributed by atoms with Crippen molar-refractivity contribution in [3.05, 3.63) is 81.2 Å². The van der Waals surface area contributed by atoms with Crippen molar-refractivity contribution in [1.82, 2.24) is 9.78 Å². The van der Waals surface area contributed by atoms with Crippen LogP contribution in [0.4, 0.5) is 11.4 Å². The van der Waals surface area contributed by atoms with Crippen LogP contribution in [0.1, 0.15) is 22.5 Å². The van der Waals surface area contributed by atoms with Gasteiger partial charge in [0.25, 0.3) is 15.7 Å². The molecule has 146 valence electrons. The lowest BCUT2D eigenvalue weighted by Crippen LogP contribution is -2.14. The standard InChI is InChI=1S/C19H20N4O4S/c1-13-4-6-16(7-5-13)12-22-15(3)19(14(2)20-22)21-28(26,27)18-10-8-17(9-11-18)23(24)25/h4-11,21H,12H2,1-3H3. The number of benzene rings is 2. The Morgan fingerprint density at radius 2 is 1.64 bits per heavy atom. The maximum atomic E-state index is 12.7. The van der Waals surface area contributed by atoms with Crippen LogP contribution in [0.3, 0.4) is 0 Å². The van der Waals surface area contributed by atoms with Gasteiger partial charge < -0.3 is 0 Å². The SMILES string of the molecule is Cc1ccc(Cn2nc(C)c(NS(=O)(=O)c3ccc([N+](=O)[O-])cc3)c2C)cc1. The fraction of sp³-hybridized carbons (Fsp3) is 0.211. The summed E-state index contributed by atoms with van der Waals surface area (Å²) in [6.07, 6.45) is 0. The van der Waals surface area contributed by atoms with Crippen LogP contribution in [0.25, 0.3) is 0 Å². The van der Waals surface area contributed by atoms with E-state index in [4.69, 9.17) is 0 Å². The van der Waals surface area contributed by atoms with E-state index < -0.39 is 14.9 Å². The number of anilines is 1. The molecule has 0 unspecified atom stereocenters. The molecule has 0 radical (unpaired) electrons. The second-order valence-corrected chi connectivity index (χ2v) is 8.23. The van der Waals surface area contributed by atoms with E-state index in [0.717, 1.165) is 23.3 Å². The summed E-state index contributed by atoms with van der Waals surface area (Å²) in [5.74, 6) is 0. The number of aryl methyl sites for hydroxylation is 2. The number of hydrogen-bond acceptors (Lipinski definition) is 5. The molecule has 0 aliphatic rings. The van der Waals surface area contributed by atoms with Crippen molar-refractivity contribution in [2.24, 2.45) is 0 Å². The van der Waals surface area contributed by atoms with Gasteiger partial charge in [0.1, 0.15) is 0 Å². The molecule has 0 aliphatic carbocycles. The molecule has 0 atom stereocenters. The number of nitro groups is 1. The highest BCUT2D eigenvalue weighted by atomic mass is 32.2. The molecule has 28 heavy (non-hydrogen) atoms. The Bertz CT molecular complexity index is 1120. The van der Waals surface area contributed by atoms with Crippen LogP contribution in [0.5, 0.6) is 0 Å². The Hall–Kier alpha value is -3.20. The van der Waals surface area contributed by atoms with Gasteiger partial charge in [0, 0.05) is 12.1 Å². The number of nitrogens with zero attached hydrogens (tertiary/aromatic N) is 3. The second-order valence-electron chi connectivity index (χ2n) is 6.55. The summed E-state index contributed by atoms with van der Waals surface area (Å²) in [5, 5.41) is 15.2. The van der Waals surface area contributed by atoms with Crippen LogP contribution in [0.2, 0.25) is 0 Å². The summed E-state index contributed by atoms with van der Waals surface area (Å²) in [6.45, 7) is 6.05. The fourth-order valence-electron chi connectivity index (χ4n) is 2.81. The van der Waals surface area contributed by atoms with Crippen molar-refractivity contribution < 1.29 is 13.3 Å². The lowest BCUT2D eigenvalue weighted by Gasteiger charge is -2.09. The molecule has 2 aromatic carbocycles. The molecule has 0 aliphatic heterocycles. The summed E-state index contributed by atoms with van der Waals surface area (Å²) in [4.78, 5) is 10.1. The number of non-ortho nitro benzene ring substituents is 1. The van der Waals surface area contributed by atoms with Gasteiger partial charge in [0.05, 0.1) is 33.4 Å². The number of sulfonamides is 1. The molecular formula is C19H20N4O4S. The van der Waals surface area contributed by atoms with E-state index >= 15 is 0 Å². The van der Waals surface area contributed by atoms with Crippen LogP contribution < -0.4 is 4.72 Å². The molecule has 1 N–H and O–H groups in total. The predicted octanol–water partition coefficient (Wildman–Crippen LogP) is 3.57. The van der Waals surface area contributed by atoms with Crippen LogP contribution in [-0.2, 0) is 16.6 Å². The molecule has 0 saturated heterocycles. The minimum Gasteiger partial charge on any atom is -0.276 e. The van der Waals surface area contributed by atoms with Gasteiger partial charge in [0.2, 0.25) is 0 Å². The van der Waals surface area contributed by atoms with E-state index in [9.17, 15) is 18.5 Å². The maximum absolute atomic E-state index is 12.7. The van der Waals surface area contributed by atoms with Crippen LogP contribution in [0.15, 0.2) is 53.4 Å². The Kier molecular flexibility index (Phi) is 5.19. The second kappa shape index (κ2) is 7.43. The van der Waals surface area contributed by atoms with E-state index in [-0.39, 0.29) is 10.6 Å². The molecular weight excluding hydrogens is 380 g/mol. The Labute approximate surface area is 163 Å². The van der Waals surface area contributed by atoms with Crippen molar-refractivity contribution in [3.8, 4) is 0 Å². The van der Waals surface area contributed by atoms with Crippen molar-refractivity contribution in [3.63, 3.8) is 0 Å². The van der Waals surface area contributed by atoms with Gasteiger partial charge in [-0.1, -0.05) is 29.8 Å². The largest absolute Gasteiger partial charge is 0.276 e. The number of nitrogens with one attached hydrogen (secondary N) is 1. The molecule has 3 rings (SSSR count). The summed E-state index contributed by atoms with van der Waals surface area (Å²) in [7, 11) is -3.89. The Morgan fingerprint density at radius 1 is 1.04 bits per heavy atom. The minimum absolute atomic E-state index is 0.0526. The highest BCUT2D eigenvalue weighted by Crippen LogP contribution is 2.25. The monoisotopic (exact) mass is 400 g/mol. The van der Waals surface area contributed by atoms with Gasteiger partial charge in [-0.25, -0.2) is 8.42 Å². The third-order valence-electron chi connectivity index (χ3n) is 4.43. The summed E-state index contributed by atoms with van der Waals surface area (Å²) >= 11 is 0. The van der Waals surface area contributed by atoms with E-state index in [1.165, 1.54) is 12.1 Å². The average molecular weight is 400 g/mol. The third-order valence-corrected chi connectivity index (χ3v) is 5.79. The van der Waals surface area contributed by atoms with E-state index in [1.807, 2.05) is 31.2 Å². The zero-order chi connectivity index (χ0) is 20.5. The number of rotatable bonds is 6. The summed E-state index contributed by atoms with van der Waals surface area (Å²) in [5.41, 5.74) is 3.69. The third kappa shape index (κ3) is 4.04. The first kappa shape index (κ1) is 19.6. The molecule has 1 aromatic heterocycles. The lowest BCUT2D eigenvalue weighted by atomic mass is 10.1. The normalized spacial score (nSPS) is 11.4. The Balaban J connectivity index is 1.86. The minimum atomic E-state index is -3.89. The summed E-state index contributed by atoms with van der Waals surface area (Å²) < 4.78 is 29.6. The lowest BCUT2D eigenvalue weighted by molar-refractivity contribution is -0.384. The van der Waals surface area contributed by atoms with Crippen LogP contribution in [-0.4, -0.2) is 23.1 Å². The topological polar surface area (TPSA) is 107 Å². The van der Waals surface area contributed by atoms with Gasteiger partial charge >= 0.3 is 0 Å². The van der Waals surface area contributed by atoms with Gasteiger partial charge in [-0.15, -0.1) is 0 Å². The molecule has 0 amide bonds.